The Hall–Kier alpha value is -1.88. The van der Waals surface area contributed by atoms with Gasteiger partial charge in [0.1, 0.15) is 11.6 Å². The van der Waals surface area contributed by atoms with Gasteiger partial charge in [-0.3, -0.25) is 19.2 Å². The van der Waals surface area contributed by atoms with Gasteiger partial charge in [0, 0.05) is 50.6 Å². The molecule has 0 N–H and O–H groups in total. The zero-order valence-corrected chi connectivity index (χ0v) is 32.4. The van der Waals surface area contributed by atoms with Crippen molar-refractivity contribution in [3.63, 3.8) is 0 Å². The van der Waals surface area contributed by atoms with Crippen molar-refractivity contribution >= 4 is 23.4 Å². The Bertz CT molecular complexity index is 890. The Morgan fingerprint density at radius 2 is 0.778 bits per heavy atom. The second-order valence-electron chi connectivity index (χ2n) is 15.2. The summed E-state index contributed by atoms with van der Waals surface area (Å²) in [7, 11) is 0. The van der Waals surface area contributed by atoms with E-state index < -0.39 is 0 Å². The van der Waals surface area contributed by atoms with Gasteiger partial charge in [0.2, 0.25) is 11.8 Å². The minimum Gasteiger partial charge on any atom is -0.377 e. The molecular formula is C44H94N2O8. The van der Waals surface area contributed by atoms with Crippen molar-refractivity contribution in [2.45, 2.75) is 228 Å². The van der Waals surface area contributed by atoms with Crippen LogP contribution in [0.5, 0.6) is 0 Å². The van der Waals surface area contributed by atoms with E-state index in [2.05, 4.69) is 0 Å². The van der Waals surface area contributed by atoms with Crippen LogP contribution in [0.3, 0.4) is 0 Å². The van der Waals surface area contributed by atoms with Crippen molar-refractivity contribution in [2.75, 3.05) is 26.3 Å². The quantitative estimate of drug-likeness (QED) is 0.120. The Kier molecular flexibility index (Phi) is 39.5. The molecule has 2 aliphatic heterocycles. The van der Waals surface area contributed by atoms with E-state index in [1.165, 1.54) is 0 Å². The molecule has 2 amide bonds. The van der Waals surface area contributed by atoms with E-state index in [-0.39, 0.29) is 128 Å². The van der Waals surface area contributed by atoms with Crippen LogP contribution in [-0.4, -0.2) is 108 Å². The third-order valence-electron chi connectivity index (χ3n) is 8.48. The molecule has 0 aromatic heterocycles. The van der Waals surface area contributed by atoms with E-state index in [0.29, 0.717) is 64.8 Å². The SMILES string of the molecule is C.C.C.C.C.C.CC(C)OCC1CC(OC(C)C)CN1C(=O)CCCC(=O)C(C)C.CC(C)OC[C@@H]1C[C@@H](OC(C)C)CN1C(=O)CCCC(=O)C(C)C. The molecule has 0 bridgehead atoms. The molecule has 0 aromatic carbocycles. The summed E-state index contributed by atoms with van der Waals surface area (Å²) in [6.45, 7) is 26.0. The highest BCUT2D eigenvalue weighted by molar-refractivity contribution is 5.82. The molecule has 328 valence electrons. The molecule has 0 aliphatic carbocycles. The van der Waals surface area contributed by atoms with Crippen LogP contribution in [0, 0.1) is 11.8 Å². The third-order valence-corrected chi connectivity index (χ3v) is 8.48. The second kappa shape index (κ2) is 33.3. The molecule has 2 heterocycles. The monoisotopic (exact) mass is 779 g/mol. The Morgan fingerprint density at radius 3 is 1.02 bits per heavy atom. The average Bonchev–Trinajstić information content (AvgIpc) is 3.57. The molecule has 0 aromatic rings. The highest BCUT2D eigenvalue weighted by atomic mass is 16.5. The molecule has 2 saturated heterocycles. The molecule has 0 radical (unpaired) electrons. The van der Waals surface area contributed by atoms with Crippen LogP contribution in [0.25, 0.3) is 0 Å². The van der Waals surface area contributed by atoms with Crippen molar-refractivity contribution in [1.82, 2.24) is 9.80 Å². The zero-order chi connectivity index (χ0) is 36.6. The summed E-state index contributed by atoms with van der Waals surface area (Å²) in [5, 5.41) is 0. The van der Waals surface area contributed by atoms with E-state index in [4.69, 9.17) is 18.9 Å². The minimum absolute atomic E-state index is 0. The van der Waals surface area contributed by atoms with Crippen LogP contribution >= 0.6 is 0 Å². The van der Waals surface area contributed by atoms with Gasteiger partial charge in [-0.05, 0) is 81.1 Å². The summed E-state index contributed by atoms with van der Waals surface area (Å²) in [6.07, 6.45) is 5.46. The fourth-order valence-electron chi connectivity index (χ4n) is 5.94. The van der Waals surface area contributed by atoms with Crippen LogP contribution < -0.4 is 0 Å². The number of likely N-dealkylation sites (tertiary alicyclic amines) is 2. The van der Waals surface area contributed by atoms with Crippen LogP contribution in [0.15, 0.2) is 0 Å². The van der Waals surface area contributed by atoms with Crippen molar-refractivity contribution < 1.29 is 38.1 Å². The number of ether oxygens (including phenoxy) is 4. The fourth-order valence-corrected chi connectivity index (χ4v) is 5.94. The number of hydrogen-bond donors (Lipinski definition) is 0. The first-order valence-electron chi connectivity index (χ1n) is 18.6. The highest BCUT2D eigenvalue weighted by Crippen LogP contribution is 2.25. The van der Waals surface area contributed by atoms with Gasteiger partial charge in [-0.15, -0.1) is 0 Å². The van der Waals surface area contributed by atoms with Crippen LogP contribution in [0.1, 0.15) is 179 Å². The topological polar surface area (TPSA) is 112 Å². The average molecular weight is 779 g/mol. The number of rotatable bonds is 20. The molecular weight excluding hydrogens is 684 g/mol. The Morgan fingerprint density at radius 1 is 0.481 bits per heavy atom. The van der Waals surface area contributed by atoms with Gasteiger partial charge in [-0.2, -0.15) is 0 Å². The fraction of sp³-hybridized carbons (Fsp3) is 0.909. The predicted octanol–water partition coefficient (Wildman–Crippen LogP) is 10.2. The van der Waals surface area contributed by atoms with E-state index in [0.717, 1.165) is 12.8 Å². The number of carbonyl (C=O) groups is 4. The Labute approximate surface area is 336 Å². The number of carbonyl (C=O) groups excluding carboxylic acids is 4. The van der Waals surface area contributed by atoms with Crippen LogP contribution in [-0.2, 0) is 38.1 Å². The maximum absolute atomic E-state index is 12.6. The molecule has 2 rings (SSSR count). The molecule has 2 aliphatic rings. The summed E-state index contributed by atoms with van der Waals surface area (Å²) < 4.78 is 23.3. The third kappa shape index (κ3) is 26.1. The number of Topliss-reactive ketones (excluding diaryl/α,β-unsaturated/α-hetero) is 2. The van der Waals surface area contributed by atoms with Crippen molar-refractivity contribution in [1.29, 1.82) is 0 Å². The molecule has 4 atom stereocenters. The molecule has 0 spiro atoms. The van der Waals surface area contributed by atoms with Crippen molar-refractivity contribution in [2.24, 2.45) is 11.8 Å². The van der Waals surface area contributed by atoms with E-state index in [1.807, 2.05) is 92.9 Å². The molecule has 2 fully saturated rings. The lowest BCUT2D eigenvalue weighted by molar-refractivity contribution is -0.135. The molecule has 10 nitrogen and oxygen atoms in total. The largest absolute Gasteiger partial charge is 0.377 e. The van der Waals surface area contributed by atoms with E-state index in [1.54, 1.807) is 0 Å². The summed E-state index contributed by atoms with van der Waals surface area (Å²) in [5.41, 5.74) is 0. The number of hydrogen-bond acceptors (Lipinski definition) is 8. The first-order chi connectivity index (χ1) is 22.4. The summed E-state index contributed by atoms with van der Waals surface area (Å²) in [4.78, 5) is 52.4. The summed E-state index contributed by atoms with van der Waals surface area (Å²) >= 11 is 0. The maximum atomic E-state index is 12.6. The first-order valence-corrected chi connectivity index (χ1v) is 18.6. The van der Waals surface area contributed by atoms with Gasteiger partial charge in [-0.25, -0.2) is 0 Å². The lowest BCUT2D eigenvalue weighted by atomic mass is 10.0. The molecule has 54 heavy (non-hydrogen) atoms. The predicted molar refractivity (Wildman–Crippen MR) is 230 cm³/mol. The van der Waals surface area contributed by atoms with Crippen LogP contribution in [0.4, 0.5) is 0 Å². The maximum Gasteiger partial charge on any atom is 0.223 e. The van der Waals surface area contributed by atoms with Gasteiger partial charge < -0.3 is 28.7 Å². The summed E-state index contributed by atoms with van der Waals surface area (Å²) in [6, 6.07) is 0.147. The van der Waals surface area contributed by atoms with Gasteiger partial charge in [0.05, 0.1) is 61.9 Å². The second-order valence-corrected chi connectivity index (χ2v) is 15.2. The van der Waals surface area contributed by atoms with Crippen molar-refractivity contribution in [3.8, 4) is 0 Å². The van der Waals surface area contributed by atoms with Crippen molar-refractivity contribution in [3.05, 3.63) is 0 Å². The first kappa shape index (κ1) is 64.0. The van der Waals surface area contributed by atoms with E-state index in [9.17, 15) is 19.2 Å². The number of amides is 2. The highest BCUT2D eigenvalue weighted by Gasteiger charge is 2.37. The zero-order valence-electron chi connectivity index (χ0n) is 32.4. The lowest BCUT2D eigenvalue weighted by Gasteiger charge is -2.25. The van der Waals surface area contributed by atoms with Crippen LogP contribution in [0.2, 0.25) is 0 Å². The lowest BCUT2D eigenvalue weighted by Crippen LogP contribution is -2.39. The molecule has 10 heteroatoms. The summed E-state index contributed by atoms with van der Waals surface area (Å²) in [5.74, 6) is 0.762. The van der Waals surface area contributed by atoms with Gasteiger partial charge in [0.15, 0.2) is 0 Å². The standard InChI is InChI=1S/2C19H35NO4.6CH4/c2*1-13(2)18(21)8-7-9-19(22)20-11-17(24-15(5)6)10-16(20)12-23-14(3)4;;;;;;/h2*13-17H,7-12H2,1-6H3;6*1H4/t16-,17+;;;;;;;/m0......./s1. The van der Waals surface area contributed by atoms with E-state index >= 15 is 0 Å². The minimum atomic E-state index is 0. The number of ketones is 2. The molecule has 2 unspecified atom stereocenters. The van der Waals surface area contributed by atoms with Gasteiger partial charge >= 0.3 is 0 Å². The molecule has 0 saturated carbocycles. The number of nitrogens with zero attached hydrogens (tertiary/aromatic N) is 2. The van der Waals surface area contributed by atoms with Gasteiger partial charge in [0.25, 0.3) is 0 Å². The normalized spacial score (nSPS) is 18.9. The van der Waals surface area contributed by atoms with Gasteiger partial charge in [-0.1, -0.05) is 72.3 Å². The smallest absolute Gasteiger partial charge is 0.223 e. The Balaban J connectivity index is -0.000000192.